The molecule has 0 heterocycles. The van der Waals surface area contributed by atoms with Crippen LogP contribution in [-0.4, -0.2) is 24.5 Å². The normalized spacial score (nSPS) is 11.9. The minimum Gasteiger partial charge on any atom is -0.463 e. The average Bonchev–Trinajstić information content (AvgIpc) is 2.85. The summed E-state index contributed by atoms with van der Waals surface area (Å²) in [6.07, 6.45) is 0.806. The number of anilines is 1. The summed E-state index contributed by atoms with van der Waals surface area (Å²) in [5.74, 6) is 0.0968. The Morgan fingerprint density at radius 1 is 0.914 bits per heavy atom. The van der Waals surface area contributed by atoms with Gasteiger partial charge in [-0.25, -0.2) is 4.79 Å². The van der Waals surface area contributed by atoms with Crippen LogP contribution in [0.15, 0.2) is 72.8 Å². The third kappa shape index (κ3) is 6.50. The smallest absolute Gasteiger partial charge is 0.343 e. The highest BCUT2D eigenvalue weighted by Gasteiger charge is 2.22. The summed E-state index contributed by atoms with van der Waals surface area (Å²) in [7, 11) is 0. The van der Waals surface area contributed by atoms with Gasteiger partial charge in [0.15, 0.2) is 0 Å². The largest absolute Gasteiger partial charge is 0.463 e. The number of esters is 1. The van der Waals surface area contributed by atoms with E-state index in [1.165, 1.54) is 0 Å². The van der Waals surface area contributed by atoms with E-state index in [9.17, 15) is 9.59 Å². The third-order valence-electron chi connectivity index (χ3n) is 6.07. The van der Waals surface area contributed by atoms with Crippen molar-refractivity contribution >= 4 is 18.1 Å². The van der Waals surface area contributed by atoms with Crippen molar-refractivity contribution in [2.45, 2.75) is 65.6 Å². The lowest BCUT2D eigenvalue weighted by Crippen LogP contribution is -2.37. The molecule has 3 aromatic carbocycles. The molecule has 0 fully saturated rings. The summed E-state index contributed by atoms with van der Waals surface area (Å²) in [6, 6.07) is 23.8. The number of rotatable bonds is 11. The Hall–Kier alpha value is -3.60. The van der Waals surface area contributed by atoms with E-state index in [-0.39, 0.29) is 12.5 Å². The topological polar surface area (TPSA) is 55.8 Å². The fourth-order valence-electron chi connectivity index (χ4n) is 4.65. The molecule has 0 aromatic heterocycles. The quantitative estimate of drug-likeness (QED) is 0.175. The summed E-state index contributed by atoms with van der Waals surface area (Å²) in [5.41, 5.74) is 4.52. The van der Waals surface area contributed by atoms with Crippen molar-refractivity contribution in [2.24, 2.45) is 0 Å². The minimum absolute atomic E-state index is 0.00845. The number of ether oxygens (including phenoxy) is 2. The zero-order chi connectivity index (χ0) is 25.4. The molecule has 0 amide bonds. The molecule has 0 saturated carbocycles. The minimum atomic E-state index is -0.405. The molecule has 0 N–H and O–H groups in total. The van der Waals surface area contributed by atoms with Gasteiger partial charge in [-0.15, -0.1) is 0 Å². The van der Waals surface area contributed by atoms with Gasteiger partial charge >= 0.3 is 5.97 Å². The van der Waals surface area contributed by atoms with Crippen molar-refractivity contribution in [2.75, 3.05) is 4.90 Å². The second kappa shape index (κ2) is 12.2. The SMILES string of the molecule is CCC(c1cccc(N(C(C)C)C(C)C)c1)c1cc(COC=O)ccc1OC(=O)c1ccccc1. The van der Waals surface area contributed by atoms with Gasteiger partial charge < -0.3 is 14.4 Å². The Balaban J connectivity index is 2.04. The van der Waals surface area contributed by atoms with Gasteiger partial charge in [0.25, 0.3) is 6.47 Å². The zero-order valence-corrected chi connectivity index (χ0v) is 21.2. The van der Waals surface area contributed by atoms with Gasteiger partial charge in [0.05, 0.1) is 5.56 Å². The number of carbonyl (C=O) groups is 2. The standard InChI is InChI=1S/C30H35NO4/c1-6-27(25-13-10-14-26(18-25)31(21(2)3)22(4)5)28-17-23(19-34-20-32)15-16-29(28)35-30(33)24-11-8-7-9-12-24/h7-18,20-22,27H,6,19H2,1-5H3. The van der Waals surface area contributed by atoms with Gasteiger partial charge in [0.2, 0.25) is 0 Å². The number of nitrogens with zero attached hydrogens (tertiary/aromatic N) is 1. The molecule has 0 spiro atoms. The predicted molar refractivity (Wildman–Crippen MR) is 140 cm³/mol. The van der Waals surface area contributed by atoms with Crippen LogP contribution in [0.25, 0.3) is 0 Å². The van der Waals surface area contributed by atoms with Crippen molar-refractivity contribution in [1.82, 2.24) is 0 Å². The number of hydrogen-bond donors (Lipinski definition) is 0. The summed E-state index contributed by atoms with van der Waals surface area (Å²) in [6.45, 7) is 11.5. The molecule has 0 saturated heterocycles. The Kier molecular flexibility index (Phi) is 9.07. The third-order valence-corrected chi connectivity index (χ3v) is 6.07. The molecule has 184 valence electrons. The van der Waals surface area contributed by atoms with Gasteiger partial charge in [0.1, 0.15) is 12.4 Å². The van der Waals surface area contributed by atoms with Gasteiger partial charge in [0, 0.05) is 29.3 Å². The summed E-state index contributed by atoms with van der Waals surface area (Å²) in [5, 5.41) is 0. The fourth-order valence-corrected chi connectivity index (χ4v) is 4.65. The van der Waals surface area contributed by atoms with Crippen LogP contribution in [0.3, 0.4) is 0 Å². The maximum atomic E-state index is 12.9. The van der Waals surface area contributed by atoms with Crippen LogP contribution in [0.2, 0.25) is 0 Å². The maximum absolute atomic E-state index is 12.9. The van der Waals surface area contributed by atoms with Gasteiger partial charge in [-0.05, 0) is 81.6 Å². The van der Waals surface area contributed by atoms with Crippen LogP contribution in [0.4, 0.5) is 5.69 Å². The monoisotopic (exact) mass is 473 g/mol. The van der Waals surface area contributed by atoms with E-state index in [2.05, 4.69) is 63.8 Å². The number of carbonyl (C=O) groups excluding carboxylic acids is 2. The molecule has 0 aliphatic carbocycles. The first-order valence-electron chi connectivity index (χ1n) is 12.2. The first-order valence-corrected chi connectivity index (χ1v) is 12.2. The van der Waals surface area contributed by atoms with Gasteiger partial charge in [-0.1, -0.05) is 43.3 Å². The molecule has 5 nitrogen and oxygen atoms in total. The highest BCUT2D eigenvalue weighted by Crippen LogP contribution is 2.37. The lowest BCUT2D eigenvalue weighted by atomic mass is 9.87. The van der Waals surface area contributed by atoms with Gasteiger partial charge in [-0.2, -0.15) is 0 Å². The van der Waals surface area contributed by atoms with E-state index in [0.717, 1.165) is 28.8 Å². The van der Waals surface area contributed by atoms with E-state index in [4.69, 9.17) is 9.47 Å². The van der Waals surface area contributed by atoms with Crippen molar-refractivity contribution < 1.29 is 19.1 Å². The molecule has 35 heavy (non-hydrogen) atoms. The summed E-state index contributed by atoms with van der Waals surface area (Å²) in [4.78, 5) is 26.0. The van der Waals surface area contributed by atoms with Crippen molar-refractivity contribution in [3.8, 4) is 5.75 Å². The van der Waals surface area contributed by atoms with E-state index in [1.807, 2.05) is 30.3 Å². The van der Waals surface area contributed by atoms with E-state index in [1.54, 1.807) is 18.2 Å². The fraction of sp³-hybridized carbons (Fsp3) is 0.333. The lowest BCUT2D eigenvalue weighted by molar-refractivity contribution is -0.129. The van der Waals surface area contributed by atoms with Crippen LogP contribution in [-0.2, 0) is 16.1 Å². The zero-order valence-electron chi connectivity index (χ0n) is 21.2. The molecule has 0 bridgehead atoms. The number of hydrogen-bond acceptors (Lipinski definition) is 5. The van der Waals surface area contributed by atoms with E-state index in [0.29, 0.717) is 29.9 Å². The molecule has 3 aromatic rings. The molecular weight excluding hydrogens is 438 g/mol. The molecular formula is C30H35NO4. The molecule has 0 aliphatic heterocycles. The molecule has 1 atom stereocenters. The highest BCUT2D eigenvalue weighted by molar-refractivity contribution is 5.91. The van der Waals surface area contributed by atoms with Crippen LogP contribution in [0, 0.1) is 0 Å². The second-order valence-electron chi connectivity index (χ2n) is 9.19. The van der Waals surface area contributed by atoms with Crippen molar-refractivity contribution in [3.63, 3.8) is 0 Å². The average molecular weight is 474 g/mol. The Morgan fingerprint density at radius 3 is 2.26 bits per heavy atom. The first-order chi connectivity index (χ1) is 16.8. The summed E-state index contributed by atoms with van der Waals surface area (Å²) >= 11 is 0. The Bertz CT molecular complexity index is 1120. The molecule has 3 rings (SSSR count). The maximum Gasteiger partial charge on any atom is 0.343 e. The van der Waals surface area contributed by atoms with Crippen LogP contribution in [0.5, 0.6) is 5.75 Å². The number of benzene rings is 3. The molecule has 0 aliphatic rings. The molecule has 5 heteroatoms. The van der Waals surface area contributed by atoms with Gasteiger partial charge in [-0.3, -0.25) is 4.79 Å². The van der Waals surface area contributed by atoms with E-state index < -0.39 is 5.97 Å². The molecule has 1 unspecified atom stereocenters. The Labute approximate surface area is 208 Å². The molecule has 0 radical (unpaired) electrons. The van der Waals surface area contributed by atoms with Crippen LogP contribution in [0.1, 0.15) is 74.0 Å². The van der Waals surface area contributed by atoms with Crippen LogP contribution >= 0.6 is 0 Å². The van der Waals surface area contributed by atoms with Crippen molar-refractivity contribution in [3.05, 3.63) is 95.1 Å². The first kappa shape index (κ1) is 26.0. The van der Waals surface area contributed by atoms with E-state index >= 15 is 0 Å². The van der Waals surface area contributed by atoms with Crippen LogP contribution < -0.4 is 9.64 Å². The Morgan fingerprint density at radius 2 is 1.63 bits per heavy atom. The predicted octanol–water partition coefficient (Wildman–Crippen LogP) is 6.74. The second-order valence-corrected chi connectivity index (χ2v) is 9.19. The summed E-state index contributed by atoms with van der Waals surface area (Å²) < 4.78 is 10.9. The lowest BCUT2D eigenvalue weighted by Gasteiger charge is -2.34. The highest BCUT2D eigenvalue weighted by atomic mass is 16.5. The van der Waals surface area contributed by atoms with Crippen molar-refractivity contribution in [1.29, 1.82) is 0 Å².